The SMILES string of the molecule is CCCCCCn1c(O)c(C(=O)c2cccc(C)c2)c(C)c(C#N)c1=O. The van der Waals surface area contributed by atoms with E-state index >= 15 is 0 Å². The molecule has 2 rings (SSSR count). The summed E-state index contributed by atoms with van der Waals surface area (Å²) >= 11 is 0. The number of nitriles is 1. The number of pyridine rings is 1. The van der Waals surface area contributed by atoms with Crippen molar-refractivity contribution in [3.63, 3.8) is 0 Å². The number of aryl methyl sites for hydroxylation is 1. The van der Waals surface area contributed by atoms with E-state index in [0.717, 1.165) is 29.4 Å². The summed E-state index contributed by atoms with van der Waals surface area (Å²) in [4.78, 5) is 25.5. The van der Waals surface area contributed by atoms with Gasteiger partial charge in [0.15, 0.2) is 5.78 Å². The molecule has 2 aromatic rings. The van der Waals surface area contributed by atoms with Gasteiger partial charge in [-0.25, -0.2) is 0 Å². The van der Waals surface area contributed by atoms with Crippen LogP contribution in [0.25, 0.3) is 0 Å². The lowest BCUT2D eigenvalue weighted by Crippen LogP contribution is -2.27. The van der Waals surface area contributed by atoms with Crippen molar-refractivity contribution in [3.05, 3.63) is 62.4 Å². The van der Waals surface area contributed by atoms with Crippen LogP contribution in [0, 0.1) is 25.2 Å². The van der Waals surface area contributed by atoms with Crippen molar-refractivity contribution in [1.82, 2.24) is 4.57 Å². The minimum Gasteiger partial charge on any atom is -0.494 e. The van der Waals surface area contributed by atoms with Gasteiger partial charge in [-0.3, -0.25) is 14.2 Å². The smallest absolute Gasteiger partial charge is 0.271 e. The van der Waals surface area contributed by atoms with Gasteiger partial charge in [0.2, 0.25) is 5.88 Å². The number of rotatable bonds is 7. The van der Waals surface area contributed by atoms with E-state index in [-0.39, 0.29) is 34.9 Å². The van der Waals surface area contributed by atoms with Crippen LogP contribution in [-0.2, 0) is 6.54 Å². The van der Waals surface area contributed by atoms with Crippen LogP contribution in [0.2, 0.25) is 0 Å². The Morgan fingerprint density at radius 1 is 1.23 bits per heavy atom. The number of hydrogen-bond donors (Lipinski definition) is 1. The van der Waals surface area contributed by atoms with Crippen LogP contribution in [-0.4, -0.2) is 15.5 Å². The average Bonchev–Trinajstić information content (AvgIpc) is 2.61. The van der Waals surface area contributed by atoms with Crippen LogP contribution in [0.5, 0.6) is 5.88 Å². The van der Waals surface area contributed by atoms with Crippen molar-refractivity contribution in [2.45, 2.75) is 53.0 Å². The molecule has 5 nitrogen and oxygen atoms in total. The zero-order valence-electron chi connectivity index (χ0n) is 15.5. The lowest BCUT2D eigenvalue weighted by atomic mass is 9.96. The van der Waals surface area contributed by atoms with E-state index in [2.05, 4.69) is 6.92 Å². The third-order valence-corrected chi connectivity index (χ3v) is 4.54. The first kappa shape index (κ1) is 19.5. The predicted octanol–water partition coefficient (Wildman–Crippen LogP) is 3.85. The topological polar surface area (TPSA) is 83.1 Å². The van der Waals surface area contributed by atoms with Crippen molar-refractivity contribution in [2.24, 2.45) is 0 Å². The molecule has 0 saturated heterocycles. The largest absolute Gasteiger partial charge is 0.494 e. The van der Waals surface area contributed by atoms with Crippen LogP contribution in [0.15, 0.2) is 29.1 Å². The molecule has 0 bridgehead atoms. The van der Waals surface area contributed by atoms with Gasteiger partial charge in [-0.1, -0.05) is 49.9 Å². The van der Waals surface area contributed by atoms with Gasteiger partial charge in [-0.15, -0.1) is 0 Å². The van der Waals surface area contributed by atoms with E-state index < -0.39 is 5.56 Å². The summed E-state index contributed by atoms with van der Waals surface area (Å²) in [6, 6.07) is 8.92. The normalized spacial score (nSPS) is 10.5. The van der Waals surface area contributed by atoms with Crippen molar-refractivity contribution in [3.8, 4) is 11.9 Å². The molecule has 0 saturated carbocycles. The molecule has 0 atom stereocenters. The average molecular weight is 352 g/mol. The number of unbranched alkanes of at least 4 members (excludes halogenated alkanes) is 3. The summed E-state index contributed by atoms with van der Waals surface area (Å²) in [5.74, 6) is -0.739. The Morgan fingerprint density at radius 2 is 1.96 bits per heavy atom. The fourth-order valence-corrected chi connectivity index (χ4v) is 3.06. The number of benzene rings is 1. The first-order valence-electron chi connectivity index (χ1n) is 8.90. The number of aromatic hydroxyl groups is 1. The van der Waals surface area contributed by atoms with E-state index in [9.17, 15) is 20.0 Å². The van der Waals surface area contributed by atoms with Gasteiger partial charge in [0.1, 0.15) is 11.6 Å². The van der Waals surface area contributed by atoms with Crippen LogP contribution in [0.3, 0.4) is 0 Å². The molecule has 0 aliphatic carbocycles. The Balaban J connectivity index is 2.56. The highest BCUT2D eigenvalue weighted by molar-refractivity contribution is 6.11. The third kappa shape index (κ3) is 3.85. The zero-order chi connectivity index (χ0) is 19.3. The number of hydrogen-bond acceptors (Lipinski definition) is 4. The summed E-state index contributed by atoms with van der Waals surface area (Å²) in [5.41, 5.74) is 0.965. The summed E-state index contributed by atoms with van der Waals surface area (Å²) in [5, 5.41) is 20.0. The second-order valence-corrected chi connectivity index (χ2v) is 6.53. The quantitative estimate of drug-likeness (QED) is 0.606. The molecule has 0 amide bonds. The zero-order valence-corrected chi connectivity index (χ0v) is 15.5. The maximum atomic E-state index is 13.0. The number of aromatic nitrogens is 1. The minimum absolute atomic E-state index is 0.0299. The Morgan fingerprint density at radius 3 is 2.58 bits per heavy atom. The van der Waals surface area contributed by atoms with Crippen molar-refractivity contribution >= 4 is 5.78 Å². The summed E-state index contributed by atoms with van der Waals surface area (Å²) in [7, 11) is 0. The molecule has 1 heterocycles. The first-order chi connectivity index (χ1) is 12.4. The molecule has 1 aromatic heterocycles. The summed E-state index contributed by atoms with van der Waals surface area (Å²) in [6.07, 6.45) is 3.70. The lowest BCUT2D eigenvalue weighted by molar-refractivity contribution is 0.103. The molecule has 136 valence electrons. The van der Waals surface area contributed by atoms with Gasteiger partial charge in [-0.05, 0) is 31.9 Å². The Bertz CT molecular complexity index is 920. The second kappa shape index (κ2) is 8.48. The molecular weight excluding hydrogens is 328 g/mol. The highest BCUT2D eigenvalue weighted by atomic mass is 16.3. The van der Waals surface area contributed by atoms with E-state index in [1.165, 1.54) is 6.92 Å². The molecule has 0 aliphatic heterocycles. The van der Waals surface area contributed by atoms with Gasteiger partial charge in [-0.2, -0.15) is 5.26 Å². The van der Waals surface area contributed by atoms with Gasteiger partial charge >= 0.3 is 0 Å². The summed E-state index contributed by atoms with van der Waals surface area (Å²) < 4.78 is 1.16. The Hall–Kier alpha value is -2.87. The number of ketones is 1. The Labute approximate surface area is 153 Å². The maximum Gasteiger partial charge on any atom is 0.271 e. The first-order valence-corrected chi connectivity index (χ1v) is 8.90. The van der Waals surface area contributed by atoms with E-state index in [1.807, 2.05) is 19.1 Å². The highest BCUT2D eigenvalue weighted by Gasteiger charge is 2.24. The van der Waals surface area contributed by atoms with Crippen LogP contribution in [0.4, 0.5) is 0 Å². The molecule has 1 N–H and O–H groups in total. The predicted molar refractivity (Wildman–Crippen MR) is 101 cm³/mol. The van der Waals surface area contributed by atoms with Crippen LogP contribution >= 0.6 is 0 Å². The van der Waals surface area contributed by atoms with E-state index in [1.54, 1.807) is 18.2 Å². The standard InChI is InChI=1S/C21H24N2O3/c1-4-5-6-7-11-23-20(25)17(13-22)15(3)18(21(23)26)19(24)16-10-8-9-14(2)12-16/h8-10,12,26H,4-7,11H2,1-3H3. The van der Waals surface area contributed by atoms with Gasteiger partial charge < -0.3 is 5.11 Å². The number of carbonyl (C=O) groups excluding carboxylic acids is 1. The van der Waals surface area contributed by atoms with E-state index in [4.69, 9.17) is 0 Å². The molecule has 0 unspecified atom stereocenters. The maximum absolute atomic E-state index is 13.0. The molecule has 26 heavy (non-hydrogen) atoms. The molecule has 0 fully saturated rings. The van der Waals surface area contributed by atoms with Crippen molar-refractivity contribution in [2.75, 3.05) is 0 Å². The molecule has 0 spiro atoms. The minimum atomic E-state index is -0.542. The van der Waals surface area contributed by atoms with Crippen molar-refractivity contribution < 1.29 is 9.90 Å². The molecule has 0 aliphatic rings. The van der Waals surface area contributed by atoms with Crippen molar-refractivity contribution in [1.29, 1.82) is 5.26 Å². The lowest BCUT2D eigenvalue weighted by Gasteiger charge is -2.15. The molecule has 5 heteroatoms. The molecule has 1 aromatic carbocycles. The van der Waals surface area contributed by atoms with Gasteiger partial charge in [0, 0.05) is 12.1 Å². The fraction of sp³-hybridized carbons (Fsp3) is 0.381. The second-order valence-electron chi connectivity index (χ2n) is 6.53. The highest BCUT2D eigenvalue weighted by Crippen LogP contribution is 2.25. The Kier molecular flexibility index (Phi) is 6.35. The molecular formula is C21H24N2O3. The van der Waals surface area contributed by atoms with Gasteiger partial charge in [0.25, 0.3) is 5.56 Å². The summed E-state index contributed by atoms with van der Waals surface area (Å²) in [6.45, 7) is 5.78. The monoisotopic (exact) mass is 352 g/mol. The fourth-order valence-electron chi connectivity index (χ4n) is 3.06. The van der Waals surface area contributed by atoms with E-state index in [0.29, 0.717) is 12.0 Å². The number of nitrogens with zero attached hydrogens (tertiary/aromatic N) is 2. The number of carbonyl (C=O) groups is 1. The van der Waals surface area contributed by atoms with Gasteiger partial charge in [0.05, 0.1) is 5.56 Å². The van der Waals surface area contributed by atoms with Crippen LogP contribution in [0.1, 0.15) is 65.2 Å². The molecule has 0 radical (unpaired) electrons. The van der Waals surface area contributed by atoms with Crippen LogP contribution < -0.4 is 5.56 Å². The third-order valence-electron chi connectivity index (χ3n) is 4.54.